The van der Waals surface area contributed by atoms with Crippen molar-refractivity contribution in [2.45, 2.75) is 6.17 Å². The van der Waals surface area contributed by atoms with Crippen LogP contribution in [-0.2, 0) is 9.59 Å². The van der Waals surface area contributed by atoms with Crippen LogP contribution in [0.2, 0.25) is 10.0 Å². The summed E-state index contributed by atoms with van der Waals surface area (Å²) in [4.78, 5) is 35.3. The maximum Gasteiger partial charge on any atom is 0.351 e. The van der Waals surface area contributed by atoms with E-state index >= 15 is 0 Å². The number of nitrogens with one attached hydrogen (secondary N) is 1. The van der Waals surface area contributed by atoms with Gasteiger partial charge in [0.2, 0.25) is 12.1 Å². The summed E-state index contributed by atoms with van der Waals surface area (Å²) in [6.45, 7) is 0. The summed E-state index contributed by atoms with van der Waals surface area (Å²) < 4.78 is 0. The molecule has 2 N–H and O–H groups in total. The fourth-order valence-corrected chi connectivity index (χ4v) is 2.49. The van der Waals surface area contributed by atoms with Gasteiger partial charge in [-0.25, -0.2) is 4.79 Å². The predicted molar refractivity (Wildman–Crippen MR) is 101 cm³/mol. The molecule has 1 amide bonds. The van der Waals surface area contributed by atoms with Gasteiger partial charge in [-0.15, -0.1) is 11.6 Å². The Labute approximate surface area is 168 Å². The number of halogens is 3. The Morgan fingerprint density at radius 3 is 2.41 bits per heavy atom. The lowest BCUT2D eigenvalue weighted by molar-refractivity contribution is -0.141. The monoisotopic (exact) mass is 427 g/mol. The molecule has 0 heterocycles. The van der Waals surface area contributed by atoms with E-state index in [-0.39, 0.29) is 26.9 Å². The topological polar surface area (TPSA) is 108 Å². The Kier molecular flexibility index (Phi) is 7.29. The van der Waals surface area contributed by atoms with Crippen molar-refractivity contribution in [2.75, 3.05) is 5.88 Å². The maximum absolute atomic E-state index is 12.8. The number of carboxylic acids is 1. The second-order valence-corrected chi connectivity index (χ2v) is 6.24. The number of rotatable bonds is 7. The molecule has 0 fully saturated rings. The number of carbonyl (C=O) groups excluding carboxylic acids is 2. The Hall–Kier alpha value is -2.48. The van der Waals surface area contributed by atoms with Gasteiger partial charge < -0.3 is 10.4 Å². The molecule has 0 radical (unpaired) electrons. The number of hydrogen-bond donors (Lipinski definition) is 2. The van der Waals surface area contributed by atoms with Gasteiger partial charge in [-0.2, -0.15) is 10.2 Å². The zero-order chi connectivity index (χ0) is 20.0. The van der Waals surface area contributed by atoms with Crippen molar-refractivity contribution in [1.29, 1.82) is 0 Å². The number of ketones is 1. The van der Waals surface area contributed by atoms with E-state index in [0.717, 1.165) is 0 Å². The molecular formula is C17H12Cl3N3O4. The van der Waals surface area contributed by atoms with Crippen LogP contribution < -0.4 is 5.32 Å². The molecule has 0 bridgehead atoms. The summed E-state index contributed by atoms with van der Waals surface area (Å²) >= 11 is 17.4. The molecule has 2 aromatic carbocycles. The molecule has 0 saturated carbocycles. The number of hydrogen-bond acceptors (Lipinski definition) is 5. The van der Waals surface area contributed by atoms with Crippen LogP contribution in [0.5, 0.6) is 0 Å². The number of aliphatic carboxylic acids is 1. The fourth-order valence-electron chi connectivity index (χ4n) is 2.02. The summed E-state index contributed by atoms with van der Waals surface area (Å²) in [7, 11) is 0. The van der Waals surface area contributed by atoms with Crippen LogP contribution in [0.15, 0.2) is 52.7 Å². The van der Waals surface area contributed by atoms with Crippen LogP contribution in [0.4, 0.5) is 5.69 Å². The highest BCUT2D eigenvalue weighted by Gasteiger charge is 2.20. The van der Waals surface area contributed by atoms with Gasteiger partial charge >= 0.3 is 5.97 Å². The van der Waals surface area contributed by atoms with Crippen molar-refractivity contribution in [1.82, 2.24) is 5.32 Å². The molecule has 0 aliphatic heterocycles. The molecule has 2 aromatic rings. The quantitative estimate of drug-likeness (QED) is 0.393. The Morgan fingerprint density at radius 1 is 1.07 bits per heavy atom. The normalized spacial score (nSPS) is 12.0. The van der Waals surface area contributed by atoms with E-state index in [2.05, 4.69) is 15.5 Å². The third-order valence-corrected chi connectivity index (χ3v) is 4.06. The number of carboxylic acid groups (broad SMARTS) is 1. The predicted octanol–water partition coefficient (Wildman–Crippen LogP) is 4.07. The van der Waals surface area contributed by atoms with Crippen LogP contribution in [0.25, 0.3) is 0 Å². The van der Waals surface area contributed by atoms with Crippen LogP contribution in [0.1, 0.15) is 15.9 Å². The molecule has 27 heavy (non-hydrogen) atoms. The SMILES string of the molecule is O=C(CCl)NC(N=Nc1ccc(Cl)cc1C(=O)c1ccccc1Cl)C(=O)O. The summed E-state index contributed by atoms with van der Waals surface area (Å²) in [5.41, 5.74) is 0.367. The van der Waals surface area contributed by atoms with Gasteiger partial charge in [-0.3, -0.25) is 9.59 Å². The minimum absolute atomic E-state index is 0.0655. The summed E-state index contributed by atoms with van der Waals surface area (Å²) in [5, 5.41) is 19.1. The van der Waals surface area contributed by atoms with Crippen molar-refractivity contribution in [3.63, 3.8) is 0 Å². The van der Waals surface area contributed by atoms with Crippen LogP contribution in [-0.4, -0.2) is 34.8 Å². The van der Waals surface area contributed by atoms with Crippen LogP contribution in [0, 0.1) is 0 Å². The molecular weight excluding hydrogens is 417 g/mol. The molecule has 0 saturated heterocycles. The molecule has 0 aromatic heterocycles. The van der Waals surface area contributed by atoms with Crippen LogP contribution in [0.3, 0.4) is 0 Å². The fraction of sp³-hybridized carbons (Fsp3) is 0.118. The van der Waals surface area contributed by atoms with E-state index in [1.807, 2.05) is 0 Å². The molecule has 140 valence electrons. The number of benzene rings is 2. The molecule has 10 heteroatoms. The van der Waals surface area contributed by atoms with E-state index in [0.29, 0.717) is 0 Å². The maximum atomic E-state index is 12.8. The van der Waals surface area contributed by atoms with Crippen molar-refractivity contribution < 1.29 is 19.5 Å². The van der Waals surface area contributed by atoms with E-state index in [1.54, 1.807) is 18.2 Å². The third kappa shape index (κ3) is 5.50. The summed E-state index contributed by atoms with van der Waals surface area (Å²) in [6.07, 6.45) is -1.66. The molecule has 0 spiro atoms. The van der Waals surface area contributed by atoms with Gasteiger partial charge in [0.15, 0.2) is 5.78 Å². The first-order valence-electron chi connectivity index (χ1n) is 7.41. The minimum Gasteiger partial charge on any atom is -0.478 e. The number of nitrogens with zero attached hydrogens (tertiary/aromatic N) is 2. The van der Waals surface area contributed by atoms with E-state index in [1.165, 1.54) is 24.3 Å². The van der Waals surface area contributed by atoms with Crippen molar-refractivity contribution in [3.8, 4) is 0 Å². The Morgan fingerprint density at radius 2 is 1.78 bits per heavy atom. The van der Waals surface area contributed by atoms with Crippen molar-refractivity contribution in [3.05, 3.63) is 63.6 Å². The Balaban J connectivity index is 2.40. The first kappa shape index (κ1) is 20.8. The number of amides is 1. The van der Waals surface area contributed by atoms with Gasteiger partial charge in [0.25, 0.3) is 0 Å². The smallest absolute Gasteiger partial charge is 0.351 e. The molecule has 1 unspecified atom stereocenters. The molecule has 0 aliphatic rings. The number of carbonyl (C=O) groups is 3. The lowest BCUT2D eigenvalue weighted by Gasteiger charge is -2.09. The highest BCUT2D eigenvalue weighted by atomic mass is 35.5. The molecule has 0 aliphatic carbocycles. The Bertz CT molecular complexity index is 918. The summed E-state index contributed by atoms with van der Waals surface area (Å²) in [6, 6.07) is 10.6. The van der Waals surface area contributed by atoms with Crippen molar-refractivity contribution in [2.24, 2.45) is 10.2 Å². The number of alkyl halides is 1. The van der Waals surface area contributed by atoms with Gasteiger partial charge in [-0.05, 0) is 30.3 Å². The minimum atomic E-state index is -1.66. The first-order chi connectivity index (χ1) is 12.8. The molecule has 2 rings (SSSR count). The average Bonchev–Trinajstić information content (AvgIpc) is 2.65. The number of azo groups is 1. The van der Waals surface area contributed by atoms with Crippen LogP contribution >= 0.6 is 34.8 Å². The zero-order valence-electron chi connectivity index (χ0n) is 13.5. The molecule has 1 atom stereocenters. The highest BCUT2D eigenvalue weighted by Crippen LogP contribution is 2.28. The lowest BCUT2D eigenvalue weighted by Crippen LogP contribution is -2.39. The largest absolute Gasteiger partial charge is 0.478 e. The lowest BCUT2D eigenvalue weighted by atomic mass is 10.0. The highest BCUT2D eigenvalue weighted by molar-refractivity contribution is 6.35. The van der Waals surface area contributed by atoms with Gasteiger partial charge in [0.1, 0.15) is 5.88 Å². The van der Waals surface area contributed by atoms with Crippen molar-refractivity contribution >= 4 is 58.1 Å². The van der Waals surface area contributed by atoms with Gasteiger partial charge in [0.05, 0.1) is 16.3 Å². The van der Waals surface area contributed by atoms with E-state index in [4.69, 9.17) is 39.9 Å². The second kappa shape index (κ2) is 9.45. The standard InChI is InChI=1S/C17H12Cl3N3O4/c18-8-14(24)21-16(17(26)27)23-22-13-6-5-9(19)7-11(13)15(25)10-3-1-2-4-12(10)20/h1-7,16H,8H2,(H,21,24)(H,26,27). The first-order valence-corrected chi connectivity index (χ1v) is 8.70. The van der Waals surface area contributed by atoms with Gasteiger partial charge in [-0.1, -0.05) is 35.3 Å². The van der Waals surface area contributed by atoms with E-state index < -0.39 is 29.7 Å². The molecule has 7 nitrogen and oxygen atoms in total. The zero-order valence-corrected chi connectivity index (χ0v) is 15.8. The van der Waals surface area contributed by atoms with Gasteiger partial charge in [0, 0.05) is 10.6 Å². The average molecular weight is 429 g/mol. The second-order valence-electron chi connectivity index (χ2n) is 5.13. The summed E-state index contributed by atoms with van der Waals surface area (Å²) in [5.74, 6) is -3.07. The van der Waals surface area contributed by atoms with E-state index in [9.17, 15) is 14.4 Å². The third-order valence-electron chi connectivity index (χ3n) is 3.26.